The van der Waals surface area contributed by atoms with E-state index < -0.39 is 0 Å². The monoisotopic (exact) mass is 591 g/mol. The lowest BCUT2D eigenvalue weighted by Crippen LogP contribution is -2.35. The number of hydrogen-bond acceptors (Lipinski definition) is 10. The molecule has 2 aromatic carbocycles. The first-order chi connectivity index (χ1) is 20.5. The van der Waals surface area contributed by atoms with Gasteiger partial charge in [0, 0.05) is 56.9 Å². The molecule has 0 atom stereocenters. The van der Waals surface area contributed by atoms with Crippen molar-refractivity contribution >= 4 is 40.6 Å². The lowest BCUT2D eigenvalue weighted by molar-refractivity contribution is 0.0760. The zero-order chi connectivity index (χ0) is 29.1. The van der Waals surface area contributed by atoms with Crippen molar-refractivity contribution in [2.45, 2.75) is 19.8 Å². The Morgan fingerprint density at radius 2 is 1.67 bits per heavy atom. The summed E-state index contributed by atoms with van der Waals surface area (Å²) in [5, 5.41) is 10.4. The summed E-state index contributed by atoms with van der Waals surface area (Å²) in [7, 11) is 0. The molecular weight excluding hydrogens is 558 g/mol. The molecule has 6 rings (SSSR count). The molecule has 2 fully saturated rings. The first-order valence-electron chi connectivity index (χ1n) is 14.2. The minimum Gasteiger partial charge on any atom is -0.454 e. The Hall–Kier alpha value is -4.23. The number of fused-ring (bicyclic) bond motifs is 1. The number of benzene rings is 2. The van der Waals surface area contributed by atoms with Crippen LogP contribution in [-0.2, 0) is 0 Å². The SMILES string of the molecule is Cc1nnsc1C(=O)N1CCCN(c2ccc(C(=O)N3CCCNCC3)cc2NC(=O)c2ccc3c(c2)OCO3)CC1. The number of carbonyl (C=O) groups is 3. The number of aryl methyl sites for hydroxylation is 1. The van der Waals surface area contributed by atoms with Crippen molar-refractivity contribution in [3.8, 4) is 11.5 Å². The molecule has 3 aliphatic rings. The van der Waals surface area contributed by atoms with E-state index in [9.17, 15) is 14.4 Å². The van der Waals surface area contributed by atoms with Crippen molar-refractivity contribution < 1.29 is 23.9 Å². The third-order valence-electron chi connectivity index (χ3n) is 7.72. The molecular formula is C29H33N7O5S. The van der Waals surface area contributed by atoms with Crippen LogP contribution >= 0.6 is 11.5 Å². The predicted octanol–water partition coefficient (Wildman–Crippen LogP) is 2.62. The van der Waals surface area contributed by atoms with E-state index in [1.165, 1.54) is 0 Å². The van der Waals surface area contributed by atoms with E-state index >= 15 is 0 Å². The van der Waals surface area contributed by atoms with Gasteiger partial charge in [0.25, 0.3) is 17.7 Å². The number of nitrogens with zero attached hydrogens (tertiary/aromatic N) is 5. The Morgan fingerprint density at radius 3 is 2.52 bits per heavy atom. The summed E-state index contributed by atoms with van der Waals surface area (Å²) in [4.78, 5) is 46.5. The van der Waals surface area contributed by atoms with Crippen LogP contribution in [0.5, 0.6) is 11.5 Å². The molecule has 220 valence electrons. The van der Waals surface area contributed by atoms with E-state index in [4.69, 9.17) is 9.47 Å². The summed E-state index contributed by atoms with van der Waals surface area (Å²) in [5.74, 6) is 0.668. The van der Waals surface area contributed by atoms with Crippen LogP contribution in [0.4, 0.5) is 11.4 Å². The van der Waals surface area contributed by atoms with E-state index in [-0.39, 0.29) is 24.5 Å². The molecule has 0 bridgehead atoms. The number of hydrogen-bond donors (Lipinski definition) is 2. The fourth-order valence-electron chi connectivity index (χ4n) is 5.44. The highest BCUT2D eigenvalue weighted by Crippen LogP contribution is 2.34. The smallest absolute Gasteiger partial charge is 0.267 e. The van der Waals surface area contributed by atoms with E-state index in [0.717, 1.165) is 43.2 Å². The van der Waals surface area contributed by atoms with Gasteiger partial charge in [-0.2, -0.15) is 0 Å². The molecule has 2 N–H and O–H groups in total. The van der Waals surface area contributed by atoms with Crippen molar-refractivity contribution in [2.24, 2.45) is 0 Å². The molecule has 0 radical (unpaired) electrons. The number of carbonyl (C=O) groups excluding carboxylic acids is 3. The van der Waals surface area contributed by atoms with Gasteiger partial charge in [-0.3, -0.25) is 14.4 Å². The van der Waals surface area contributed by atoms with Crippen molar-refractivity contribution in [2.75, 3.05) is 69.4 Å². The van der Waals surface area contributed by atoms with Crippen LogP contribution in [0.25, 0.3) is 0 Å². The lowest BCUT2D eigenvalue weighted by Gasteiger charge is -2.27. The van der Waals surface area contributed by atoms with Crippen molar-refractivity contribution in [1.82, 2.24) is 24.7 Å². The largest absolute Gasteiger partial charge is 0.454 e. The number of amides is 3. The van der Waals surface area contributed by atoms with Crippen molar-refractivity contribution in [3.63, 3.8) is 0 Å². The summed E-state index contributed by atoms with van der Waals surface area (Å²) in [6.07, 6.45) is 1.63. The van der Waals surface area contributed by atoms with Gasteiger partial charge in [0.1, 0.15) is 4.88 Å². The minimum absolute atomic E-state index is 0.0615. The maximum Gasteiger partial charge on any atom is 0.267 e. The van der Waals surface area contributed by atoms with Gasteiger partial charge in [0.2, 0.25) is 6.79 Å². The highest BCUT2D eigenvalue weighted by molar-refractivity contribution is 7.07. The molecule has 3 amide bonds. The molecule has 0 saturated carbocycles. The Balaban J connectivity index is 1.26. The Labute approximate surface area is 247 Å². The van der Waals surface area contributed by atoms with Gasteiger partial charge in [-0.1, -0.05) is 4.49 Å². The summed E-state index contributed by atoms with van der Waals surface area (Å²) in [5.41, 5.74) is 2.91. The minimum atomic E-state index is -0.321. The highest BCUT2D eigenvalue weighted by atomic mass is 32.1. The van der Waals surface area contributed by atoms with Gasteiger partial charge in [0.15, 0.2) is 11.5 Å². The molecule has 42 heavy (non-hydrogen) atoms. The Morgan fingerprint density at radius 1 is 0.857 bits per heavy atom. The second-order valence-electron chi connectivity index (χ2n) is 10.5. The van der Waals surface area contributed by atoms with Crippen molar-refractivity contribution in [1.29, 1.82) is 0 Å². The molecule has 0 unspecified atom stereocenters. The zero-order valence-corrected chi connectivity index (χ0v) is 24.2. The highest BCUT2D eigenvalue weighted by Gasteiger charge is 2.26. The average molecular weight is 592 g/mol. The van der Waals surface area contributed by atoms with Crippen LogP contribution in [-0.4, -0.2) is 96.3 Å². The van der Waals surface area contributed by atoms with E-state index in [0.29, 0.717) is 78.2 Å². The van der Waals surface area contributed by atoms with Crippen LogP contribution in [0, 0.1) is 6.92 Å². The molecule has 2 saturated heterocycles. The third-order valence-corrected chi connectivity index (χ3v) is 8.54. The van der Waals surface area contributed by atoms with E-state index in [2.05, 4.69) is 25.1 Å². The van der Waals surface area contributed by atoms with Gasteiger partial charge >= 0.3 is 0 Å². The summed E-state index contributed by atoms with van der Waals surface area (Å²) >= 11 is 1.12. The summed E-state index contributed by atoms with van der Waals surface area (Å²) < 4.78 is 14.8. The first-order valence-corrected chi connectivity index (χ1v) is 14.9. The topological polar surface area (TPSA) is 129 Å². The van der Waals surface area contributed by atoms with Crippen molar-refractivity contribution in [3.05, 3.63) is 58.1 Å². The fraction of sp³-hybridized carbons (Fsp3) is 0.414. The van der Waals surface area contributed by atoms with Crippen LogP contribution < -0.4 is 25.0 Å². The number of rotatable bonds is 5. The molecule has 0 spiro atoms. The molecule has 4 heterocycles. The maximum atomic E-state index is 13.5. The fourth-order valence-corrected chi connectivity index (χ4v) is 6.07. The van der Waals surface area contributed by atoms with Gasteiger partial charge in [0.05, 0.1) is 17.1 Å². The van der Waals surface area contributed by atoms with Crippen LogP contribution in [0.1, 0.15) is 48.9 Å². The van der Waals surface area contributed by atoms with E-state index in [1.807, 2.05) is 21.9 Å². The van der Waals surface area contributed by atoms with E-state index in [1.54, 1.807) is 31.2 Å². The van der Waals surface area contributed by atoms with Gasteiger partial charge in [-0.05, 0) is 74.2 Å². The number of nitrogens with one attached hydrogen (secondary N) is 2. The van der Waals surface area contributed by atoms with Gasteiger partial charge < -0.3 is 34.8 Å². The molecule has 3 aliphatic heterocycles. The number of anilines is 2. The molecule has 13 heteroatoms. The zero-order valence-electron chi connectivity index (χ0n) is 23.4. The van der Waals surface area contributed by atoms with Crippen LogP contribution in [0.2, 0.25) is 0 Å². The average Bonchev–Trinajstić information content (AvgIpc) is 3.46. The van der Waals surface area contributed by atoms with Gasteiger partial charge in [-0.15, -0.1) is 5.10 Å². The quantitative estimate of drug-likeness (QED) is 0.460. The normalized spacial score (nSPS) is 17.0. The molecule has 12 nitrogen and oxygen atoms in total. The Kier molecular flexibility index (Phi) is 8.20. The second-order valence-corrected chi connectivity index (χ2v) is 11.2. The second kappa shape index (κ2) is 12.3. The third kappa shape index (κ3) is 5.88. The maximum absolute atomic E-state index is 13.5. The number of aromatic nitrogens is 2. The predicted molar refractivity (Wildman–Crippen MR) is 158 cm³/mol. The molecule has 1 aromatic heterocycles. The standard InChI is InChI=1S/C29H33N7O5S/c1-19-26(42-33-32-19)29(39)36-12-3-11-34(14-15-36)23-6-4-21(28(38)35-10-2-8-30-9-13-35)16-22(23)31-27(37)20-5-7-24-25(17-20)41-18-40-24/h4-7,16-17,30H,2-3,8-15,18H2,1H3,(H,31,37). The van der Waals surface area contributed by atoms with Crippen LogP contribution in [0.3, 0.4) is 0 Å². The molecule has 0 aliphatic carbocycles. The lowest BCUT2D eigenvalue weighted by atomic mass is 10.1. The Bertz CT molecular complexity index is 1490. The van der Waals surface area contributed by atoms with Gasteiger partial charge in [-0.25, -0.2) is 0 Å². The summed E-state index contributed by atoms with van der Waals surface area (Å²) in [6.45, 7) is 7.20. The molecule has 3 aromatic rings. The summed E-state index contributed by atoms with van der Waals surface area (Å²) in [6, 6.07) is 10.5. The van der Waals surface area contributed by atoms with Crippen LogP contribution in [0.15, 0.2) is 36.4 Å². The first kappa shape index (κ1) is 27.9. The number of ether oxygens (including phenoxy) is 2.